The number of piperazine rings is 1. The fraction of sp³-hybridized carbons (Fsp3) is 0.438. The number of halogens is 1. The Morgan fingerprint density at radius 1 is 1.36 bits per heavy atom. The molecule has 2 aromatic rings. The van der Waals surface area contributed by atoms with Crippen molar-refractivity contribution >= 4 is 29.4 Å². The average Bonchev–Trinajstić information content (AvgIpc) is 3.03. The van der Waals surface area contributed by atoms with Gasteiger partial charge >= 0.3 is 0 Å². The number of benzene rings is 1. The van der Waals surface area contributed by atoms with Crippen molar-refractivity contribution < 1.29 is 9.53 Å². The van der Waals surface area contributed by atoms with E-state index in [4.69, 9.17) is 22.1 Å². The van der Waals surface area contributed by atoms with Crippen LogP contribution >= 0.6 is 11.6 Å². The van der Waals surface area contributed by atoms with Crippen LogP contribution in [0, 0.1) is 6.92 Å². The molecule has 1 aliphatic rings. The Kier molecular flexibility index (Phi) is 4.98. The first-order valence-electron chi connectivity index (χ1n) is 8.08. The number of anilines is 2. The second-order valence-electron chi connectivity index (χ2n) is 6.02. The number of nitrogens with two attached hydrogens (primary N) is 1. The molecule has 134 valence electrons. The molecule has 1 fully saturated rings. The average molecular weight is 365 g/mol. The number of amides is 1. The standard InChI is InChI=1S/C16H21ClN6O2/c1-10-3-4-13(12(17)9-10)25-11(2)14(24)22-5-7-23(8-6-22)16-19-15(18)20-21-16/h3-4,9,11H,5-8H2,1-2H3,(H3,18,19,20,21). The van der Waals surface area contributed by atoms with Crippen molar-refractivity contribution in [2.45, 2.75) is 20.0 Å². The van der Waals surface area contributed by atoms with Gasteiger partial charge in [-0.1, -0.05) is 17.7 Å². The summed E-state index contributed by atoms with van der Waals surface area (Å²) in [4.78, 5) is 20.5. The van der Waals surface area contributed by atoms with Gasteiger partial charge in [-0.2, -0.15) is 4.98 Å². The quantitative estimate of drug-likeness (QED) is 0.852. The van der Waals surface area contributed by atoms with E-state index < -0.39 is 6.10 Å². The second-order valence-corrected chi connectivity index (χ2v) is 6.43. The van der Waals surface area contributed by atoms with E-state index in [0.717, 1.165) is 5.56 Å². The number of ether oxygens (including phenoxy) is 1. The van der Waals surface area contributed by atoms with Gasteiger partial charge in [-0.05, 0) is 31.5 Å². The molecule has 0 bridgehead atoms. The summed E-state index contributed by atoms with van der Waals surface area (Å²) in [5.74, 6) is 1.29. The first-order chi connectivity index (χ1) is 11.9. The minimum atomic E-state index is -0.604. The molecule has 1 aliphatic heterocycles. The summed E-state index contributed by atoms with van der Waals surface area (Å²) in [6.07, 6.45) is -0.604. The number of aryl methyl sites for hydroxylation is 1. The number of rotatable bonds is 4. The number of aromatic nitrogens is 3. The molecule has 1 atom stereocenters. The molecule has 25 heavy (non-hydrogen) atoms. The minimum Gasteiger partial charge on any atom is -0.479 e. The molecular weight excluding hydrogens is 344 g/mol. The normalized spacial score (nSPS) is 16.0. The van der Waals surface area contributed by atoms with Crippen LogP contribution in [0.25, 0.3) is 0 Å². The van der Waals surface area contributed by atoms with Crippen LogP contribution in [0.15, 0.2) is 18.2 Å². The first kappa shape index (κ1) is 17.3. The largest absolute Gasteiger partial charge is 0.479 e. The summed E-state index contributed by atoms with van der Waals surface area (Å²) in [6.45, 7) is 6.15. The molecule has 0 radical (unpaired) electrons. The number of carbonyl (C=O) groups excluding carboxylic acids is 1. The predicted octanol–water partition coefficient (Wildman–Crippen LogP) is 1.46. The Hall–Kier alpha value is -2.48. The van der Waals surface area contributed by atoms with Crippen molar-refractivity contribution in [3.05, 3.63) is 28.8 Å². The molecule has 9 heteroatoms. The number of hydrogen-bond acceptors (Lipinski definition) is 6. The van der Waals surface area contributed by atoms with Crippen molar-refractivity contribution in [3.8, 4) is 5.75 Å². The zero-order chi connectivity index (χ0) is 18.0. The first-order valence-corrected chi connectivity index (χ1v) is 8.46. The van der Waals surface area contributed by atoms with E-state index in [1.807, 2.05) is 24.0 Å². The van der Waals surface area contributed by atoms with Crippen LogP contribution in [0.1, 0.15) is 12.5 Å². The number of carbonyl (C=O) groups is 1. The Balaban J connectivity index is 1.56. The zero-order valence-corrected chi connectivity index (χ0v) is 15.0. The molecule has 0 aliphatic carbocycles. The highest BCUT2D eigenvalue weighted by atomic mass is 35.5. The number of aromatic amines is 1. The summed E-state index contributed by atoms with van der Waals surface area (Å²) in [7, 11) is 0. The monoisotopic (exact) mass is 364 g/mol. The second kappa shape index (κ2) is 7.18. The minimum absolute atomic E-state index is 0.0617. The van der Waals surface area contributed by atoms with Crippen LogP contribution in [-0.2, 0) is 4.79 Å². The number of nitrogen functional groups attached to an aromatic ring is 1. The van der Waals surface area contributed by atoms with E-state index in [0.29, 0.717) is 42.9 Å². The summed E-state index contributed by atoms with van der Waals surface area (Å²) in [5.41, 5.74) is 6.57. The lowest BCUT2D eigenvalue weighted by Crippen LogP contribution is -2.52. The molecule has 3 N–H and O–H groups in total. The van der Waals surface area contributed by atoms with Crippen LogP contribution in [-0.4, -0.2) is 58.3 Å². The van der Waals surface area contributed by atoms with Gasteiger partial charge in [-0.15, -0.1) is 5.10 Å². The van der Waals surface area contributed by atoms with Crippen LogP contribution in [0.5, 0.6) is 5.75 Å². The fourth-order valence-corrected chi connectivity index (χ4v) is 3.02. The van der Waals surface area contributed by atoms with Crippen LogP contribution in [0.2, 0.25) is 5.02 Å². The molecule has 1 amide bonds. The van der Waals surface area contributed by atoms with Gasteiger partial charge in [-0.25, -0.2) is 5.10 Å². The maximum absolute atomic E-state index is 12.6. The van der Waals surface area contributed by atoms with E-state index in [-0.39, 0.29) is 11.9 Å². The molecule has 8 nitrogen and oxygen atoms in total. The summed E-state index contributed by atoms with van der Waals surface area (Å²) >= 11 is 6.17. The lowest BCUT2D eigenvalue weighted by Gasteiger charge is -2.35. The highest BCUT2D eigenvalue weighted by Gasteiger charge is 2.27. The van der Waals surface area contributed by atoms with Gasteiger partial charge < -0.3 is 20.3 Å². The van der Waals surface area contributed by atoms with Crippen molar-refractivity contribution in [3.63, 3.8) is 0 Å². The van der Waals surface area contributed by atoms with Gasteiger partial charge in [0.15, 0.2) is 6.10 Å². The molecule has 0 spiro atoms. The van der Waals surface area contributed by atoms with Gasteiger partial charge in [0.05, 0.1) is 5.02 Å². The van der Waals surface area contributed by atoms with E-state index >= 15 is 0 Å². The molecule has 0 saturated carbocycles. The number of hydrogen-bond donors (Lipinski definition) is 2. The highest BCUT2D eigenvalue weighted by Crippen LogP contribution is 2.26. The summed E-state index contributed by atoms with van der Waals surface area (Å²) in [5, 5.41) is 7.11. The van der Waals surface area contributed by atoms with Gasteiger partial charge in [0, 0.05) is 26.2 Å². The molecule has 1 saturated heterocycles. The van der Waals surface area contributed by atoms with Crippen LogP contribution < -0.4 is 15.4 Å². The van der Waals surface area contributed by atoms with Crippen molar-refractivity contribution in [1.29, 1.82) is 0 Å². The maximum Gasteiger partial charge on any atom is 0.263 e. The van der Waals surface area contributed by atoms with E-state index in [9.17, 15) is 4.79 Å². The van der Waals surface area contributed by atoms with Crippen LogP contribution in [0.4, 0.5) is 11.9 Å². The predicted molar refractivity (Wildman–Crippen MR) is 95.9 cm³/mol. The molecule has 1 aromatic heterocycles. The Bertz CT molecular complexity index is 757. The molecular formula is C16H21ClN6O2. The smallest absolute Gasteiger partial charge is 0.263 e. The molecule has 1 aromatic carbocycles. The third-order valence-electron chi connectivity index (χ3n) is 4.12. The van der Waals surface area contributed by atoms with E-state index in [2.05, 4.69) is 15.2 Å². The highest BCUT2D eigenvalue weighted by molar-refractivity contribution is 6.32. The number of nitrogens with one attached hydrogen (secondary N) is 1. The van der Waals surface area contributed by atoms with Gasteiger partial charge in [0.25, 0.3) is 5.91 Å². The summed E-state index contributed by atoms with van der Waals surface area (Å²) < 4.78 is 5.75. The molecule has 1 unspecified atom stereocenters. The molecule has 2 heterocycles. The summed E-state index contributed by atoms with van der Waals surface area (Å²) in [6, 6.07) is 5.50. The Morgan fingerprint density at radius 3 is 2.68 bits per heavy atom. The Morgan fingerprint density at radius 2 is 2.08 bits per heavy atom. The Labute approximate surface area is 150 Å². The third-order valence-corrected chi connectivity index (χ3v) is 4.42. The topological polar surface area (TPSA) is 100 Å². The third kappa shape index (κ3) is 3.96. The van der Waals surface area contributed by atoms with Crippen molar-refractivity contribution in [1.82, 2.24) is 20.1 Å². The van der Waals surface area contributed by atoms with Crippen molar-refractivity contribution in [2.24, 2.45) is 0 Å². The van der Waals surface area contributed by atoms with Crippen molar-refractivity contribution in [2.75, 3.05) is 36.8 Å². The van der Waals surface area contributed by atoms with Crippen LogP contribution in [0.3, 0.4) is 0 Å². The van der Waals surface area contributed by atoms with E-state index in [1.54, 1.807) is 17.9 Å². The van der Waals surface area contributed by atoms with Gasteiger partial charge in [-0.3, -0.25) is 4.79 Å². The zero-order valence-electron chi connectivity index (χ0n) is 14.2. The van der Waals surface area contributed by atoms with E-state index in [1.165, 1.54) is 0 Å². The number of H-pyrrole nitrogens is 1. The lowest BCUT2D eigenvalue weighted by atomic mass is 10.2. The fourth-order valence-electron chi connectivity index (χ4n) is 2.75. The maximum atomic E-state index is 12.6. The SMILES string of the molecule is Cc1ccc(OC(C)C(=O)N2CCN(c3nc(N)n[nH]3)CC2)c(Cl)c1. The van der Waals surface area contributed by atoms with Gasteiger partial charge in [0.2, 0.25) is 11.9 Å². The molecule has 3 rings (SSSR count). The van der Waals surface area contributed by atoms with Gasteiger partial charge in [0.1, 0.15) is 5.75 Å². The number of nitrogens with zero attached hydrogens (tertiary/aromatic N) is 4. The lowest BCUT2D eigenvalue weighted by molar-refractivity contribution is -0.138.